The quantitative estimate of drug-likeness (QED) is 0.563. The Kier molecular flexibility index (Phi) is 8.28. The van der Waals surface area contributed by atoms with Gasteiger partial charge in [0.15, 0.2) is 6.10 Å². The van der Waals surface area contributed by atoms with Crippen molar-refractivity contribution in [1.29, 1.82) is 0 Å². The maximum absolute atomic E-state index is 12.8. The fourth-order valence-corrected chi connectivity index (χ4v) is 3.44. The van der Waals surface area contributed by atoms with Crippen LogP contribution in [-0.4, -0.2) is 42.4 Å². The molecule has 8 nitrogen and oxygen atoms in total. The number of carbonyl (C=O) groups excluding carboxylic acids is 2. The number of nitrogens with zero attached hydrogens (tertiary/aromatic N) is 1. The first-order valence-corrected chi connectivity index (χ1v) is 10.6. The maximum Gasteiger partial charge on any atom is 0.408 e. The van der Waals surface area contributed by atoms with E-state index in [0.717, 1.165) is 11.1 Å². The Morgan fingerprint density at radius 3 is 2.68 bits per heavy atom. The van der Waals surface area contributed by atoms with Gasteiger partial charge < -0.3 is 24.9 Å². The Balaban J connectivity index is 1.60. The zero-order valence-electron chi connectivity index (χ0n) is 17.0. The Morgan fingerprint density at radius 1 is 1.19 bits per heavy atom. The molecule has 0 bridgehead atoms. The smallest absolute Gasteiger partial charge is 0.408 e. The summed E-state index contributed by atoms with van der Waals surface area (Å²) in [5, 5.41) is 9.29. The van der Waals surface area contributed by atoms with Gasteiger partial charge in [-0.25, -0.2) is 4.79 Å². The number of benzene rings is 2. The van der Waals surface area contributed by atoms with Gasteiger partial charge in [0.2, 0.25) is 5.91 Å². The average Bonchev–Trinajstić information content (AvgIpc) is 3.21. The molecule has 2 atom stereocenters. The molecular formula is C22H24BrN3O5. The Morgan fingerprint density at radius 2 is 1.97 bits per heavy atom. The Hall–Kier alpha value is -3.07. The molecule has 0 aliphatic carbocycles. The number of carbonyl (C=O) groups is 2. The highest BCUT2D eigenvalue weighted by Gasteiger charge is 2.25. The monoisotopic (exact) mass is 489 g/mol. The normalized spacial score (nSPS) is 15.9. The minimum absolute atomic E-state index is 0.113. The highest BCUT2D eigenvalue weighted by atomic mass is 79.9. The molecule has 2 amide bonds. The second-order valence-electron chi connectivity index (χ2n) is 6.96. The summed E-state index contributed by atoms with van der Waals surface area (Å²) in [5.74, 6) is 0.329. The zero-order chi connectivity index (χ0) is 22.1. The van der Waals surface area contributed by atoms with E-state index in [2.05, 4.69) is 31.7 Å². The fourth-order valence-electron chi connectivity index (χ4n) is 2.99. The Labute approximate surface area is 189 Å². The van der Waals surface area contributed by atoms with Gasteiger partial charge in [0.05, 0.1) is 13.7 Å². The molecule has 2 aromatic carbocycles. The first-order valence-electron chi connectivity index (χ1n) is 9.79. The SMILES string of the molecule is COc1cccc(C[C@H](NC(=O)OCc2ccccc2)C(=O)NCC2CC(Br)=NO2)c1. The molecule has 2 aromatic rings. The third kappa shape index (κ3) is 7.29. The van der Waals surface area contributed by atoms with Crippen molar-refractivity contribution in [3.05, 3.63) is 65.7 Å². The summed E-state index contributed by atoms with van der Waals surface area (Å²) in [6, 6.07) is 15.8. The van der Waals surface area contributed by atoms with E-state index >= 15 is 0 Å². The van der Waals surface area contributed by atoms with Gasteiger partial charge in [0.1, 0.15) is 23.0 Å². The van der Waals surface area contributed by atoms with Gasteiger partial charge in [-0.1, -0.05) is 47.6 Å². The summed E-state index contributed by atoms with van der Waals surface area (Å²) in [6.07, 6.45) is -0.0707. The van der Waals surface area contributed by atoms with Crippen LogP contribution in [0.15, 0.2) is 59.8 Å². The van der Waals surface area contributed by atoms with Crippen LogP contribution in [0.25, 0.3) is 0 Å². The molecule has 0 saturated heterocycles. The van der Waals surface area contributed by atoms with Gasteiger partial charge in [0.25, 0.3) is 0 Å². The molecule has 1 unspecified atom stereocenters. The van der Waals surface area contributed by atoms with Crippen molar-refractivity contribution in [3.8, 4) is 5.75 Å². The van der Waals surface area contributed by atoms with E-state index in [1.807, 2.05) is 54.6 Å². The van der Waals surface area contributed by atoms with E-state index in [1.54, 1.807) is 7.11 Å². The van der Waals surface area contributed by atoms with Crippen molar-refractivity contribution in [2.24, 2.45) is 5.16 Å². The largest absolute Gasteiger partial charge is 0.497 e. The molecule has 0 spiro atoms. The third-order valence-electron chi connectivity index (χ3n) is 4.60. The molecule has 0 aromatic heterocycles. The predicted octanol–water partition coefficient (Wildman–Crippen LogP) is 3.15. The molecule has 1 aliphatic heterocycles. The van der Waals surface area contributed by atoms with Crippen LogP contribution in [0, 0.1) is 0 Å². The van der Waals surface area contributed by atoms with Crippen LogP contribution in [0.5, 0.6) is 5.75 Å². The molecule has 1 heterocycles. The molecule has 31 heavy (non-hydrogen) atoms. The van der Waals surface area contributed by atoms with E-state index in [-0.39, 0.29) is 31.6 Å². The lowest BCUT2D eigenvalue weighted by molar-refractivity contribution is -0.123. The number of rotatable bonds is 9. The number of nitrogens with one attached hydrogen (secondary N) is 2. The van der Waals surface area contributed by atoms with Crippen LogP contribution >= 0.6 is 15.9 Å². The topological polar surface area (TPSA) is 98.2 Å². The van der Waals surface area contributed by atoms with Gasteiger partial charge in [-0.15, -0.1) is 0 Å². The molecule has 9 heteroatoms. The van der Waals surface area contributed by atoms with E-state index in [0.29, 0.717) is 16.8 Å². The number of methoxy groups -OCH3 is 1. The van der Waals surface area contributed by atoms with E-state index in [4.69, 9.17) is 14.3 Å². The minimum atomic E-state index is -0.832. The standard InChI is InChI=1S/C22H24BrN3O5/c1-29-17-9-5-8-16(10-17)11-19(21(27)24-13-18-12-20(23)26-31-18)25-22(28)30-14-15-6-3-2-4-7-15/h2-10,18-19H,11-14H2,1H3,(H,24,27)(H,25,28)/t18?,19-/m0/s1. The lowest BCUT2D eigenvalue weighted by Crippen LogP contribution is -2.49. The van der Waals surface area contributed by atoms with Crippen molar-refractivity contribution in [2.45, 2.75) is 31.6 Å². The average molecular weight is 490 g/mol. The number of ether oxygens (including phenoxy) is 2. The summed E-state index contributed by atoms with van der Waals surface area (Å²) < 4.78 is 11.2. The molecule has 3 rings (SSSR count). The van der Waals surface area contributed by atoms with Crippen LogP contribution in [0.1, 0.15) is 17.5 Å². The first kappa shape index (κ1) is 22.6. The van der Waals surface area contributed by atoms with Crippen molar-refractivity contribution in [2.75, 3.05) is 13.7 Å². The number of oxime groups is 1. The summed E-state index contributed by atoms with van der Waals surface area (Å²) in [5.41, 5.74) is 1.70. The van der Waals surface area contributed by atoms with Crippen molar-refractivity contribution in [3.63, 3.8) is 0 Å². The lowest BCUT2D eigenvalue weighted by Gasteiger charge is -2.19. The van der Waals surface area contributed by atoms with Crippen molar-refractivity contribution in [1.82, 2.24) is 10.6 Å². The van der Waals surface area contributed by atoms with Crippen molar-refractivity contribution < 1.29 is 23.9 Å². The second-order valence-corrected chi connectivity index (χ2v) is 7.87. The van der Waals surface area contributed by atoms with E-state index in [9.17, 15) is 9.59 Å². The third-order valence-corrected chi connectivity index (χ3v) is 5.06. The second kappa shape index (κ2) is 11.4. The number of halogens is 1. The van der Waals surface area contributed by atoms with E-state index in [1.165, 1.54) is 0 Å². The van der Waals surface area contributed by atoms with E-state index < -0.39 is 12.1 Å². The molecule has 0 saturated carbocycles. The maximum atomic E-state index is 12.8. The van der Waals surface area contributed by atoms with Crippen LogP contribution in [0.2, 0.25) is 0 Å². The minimum Gasteiger partial charge on any atom is -0.497 e. The molecular weight excluding hydrogens is 466 g/mol. The zero-order valence-corrected chi connectivity index (χ0v) is 18.6. The predicted molar refractivity (Wildman–Crippen MR) is 119 cm³/mol. The van der Waals surface area contributed by atoms with Gasteiger partial charge >= 0.3 is 6.09 Å². The molecule has 0 fully saturated rings. The number of hydrogen-bond acceptors (Lipinski definition) is 6. The highest BCUT2D eigenvalue weighted by molar-refractivity contribution is 9.18. The van der Waals surface area contributed by atoms with Crippen LogP contribution in [-0.2, 0) is 27.4 Å². The Bertz CT molecular complexity index is 922. The molecule has 2 N–H and O–H groups in total. The van der Waals surface area contributed by atoms with Gasteiger partial charge in [-0.05, 0) is 39.2 Å². The summed E-state index contributed by atoms with van der Waals surface area (Å²) >= 11 is 3.27. The molecule has 164 valence electrons. The van der Waals surface area contributed by atoms with Gasteiger partial charge in [-0.3, -0.25) is 4.79 Å². The number of hydrogen-bond donors (Lipinski definition) is 2. The summed E-state index contributed by atoms with van der Waals surface area (Å²) in [7, 11) is 1.57. The van der Waals surface area contributed by atoms with Crippen LogP contribution < -0.4 is 15.4 Å². The van der Waals surface area contributed by atoms with Crippen LogP contribution in [0.4, 0.5) is 4.79 Å². The summed E-state index contributed by atoms with van der Waals surface area (Å²) in [4.78, 5) is 30.4. The molecule has 0 radical (unpaired) electrons. The van der Waals surface area contributed by atoms with Crippen molar-refractivity contribution >= 4 is 32.6 Å². The van der Waals surface area contributed by atoms with Gasteiger partial charge in [0, 0.05) is 12.8 Å². The number of amides is 2. The highest BCUT2D eigenvalue weighted by Crippen LogP contribution is 2.15. The van der Waals surface area contributed by atoms with Gasteiger partial charge in [-0.2, -0.15) is 0 Å². The first-order chi connectivity index (χ1) is 15.0. The fraction of sp³-hybridized carbons (Fsp3) is 0.318. The van der Waals surface area contributed by atoms with Crippen LogP contribution in [0.3, 0.4) is 0 Å². The molecule has 1 aliphatic rings. The lowest BCUT2D eigenvalue weighted by atomic mass is 10.0. The number of alkyl carbamates (subject to hydrolysis) is 1. The summed E-state index contributed by atoms with van der Waals surface area (Å²) in [6.45, 7) is 0.383.